The number of aliphatic carboxylic acids is 1. The lowest BCUT2D eigenvalue weighted by Gasteiger charge is -2.29. The highest BCUT2D eigenvalue weighted by Crippen LogP contribution is 2.45. The summed E-state index contributed by atoms with van der Waals surface area (Å²) >= 11 is 0. The topological polar surface area (TPSA) is 66.8 Å². The van der Waals surface area contributed by atoms with Crippen LogP contribution in [0.15, 0.2) is 48.5 Å². The van der Waals surface area contributed by atoms with Gasteiger partial charge in [-0.05, 0) is 81.5 Å². The van der Waals surface area contributed by atoms with Crippen molar-refractivity contribution >= 4 is 17.6 Å². The van der Waals surface area contributed by atoms with Crippen LogP contribution in [0, 0.1) is 25.5 Å². The van der Waals surface area contributed by atoms with E-state index in [4.69, 9.17) is 4.74 Å². The minimum absolute atomic E-state index is 0.254. The predicted molar refractivity (Wildman–Crippen MR) is 134 cm³/mol. The molecule has 7 heteroatoms. The van der Waals surface area contributed by atoms with Gasteiger partial charge in [0.2, 0.25) is 0 Å². The fraction of sp³-hybridized carbons (Fsp3) is 0.310. The summed E-state index contributed by atoms with van der Waals surface area (Å²) in [6.45, 7) is 9.38. The molecule has 0 saturated heterocycles. The Bertz CT molecular complexity index is 1340. The van der Waals surface area contributed by atoms with Crippen molar-refractivity contribution in [3.05, 3.63) is 88.0 Å². The molecule has 1 amide bonds. The van der Waals surface area contributed by atoms with Gasteiger partial charge in [-0.15, -0.1) is 0 Å². The molecule has 0 saturated carbocycles. The molecule has 0 aromatic heterocycles. The Kier molecular flexibility index (Phi) is 6.71. The second kappa shape index (κ2) is 9.47. The lowest BCUT2D eigenvalue weighted by Crippen LogP contribution is -2.30. The van der Waals surface area contributed by atoms with E-state index in [9.17, 15) is 23.5 Å². The maximum absolute atomic E-state index is 14.5. The first-order valence-corrected chi connectivity index (χ1v) is 11.8. The molecule has 3 aromatic rings. The van der Waals surface area contributed by atoms with Crippen LogP contribution < -0.4 is 4.90 Å². The highest BCUT2D eigenvalue weighted by molar-refractivity contribution is 6.08. The van der Waals surface area contributed by atoms with Gasteiger partial charge in [-0.25, -0.2) is 13.6 Å². The van der Waals surface area contributed by atoms with Crippen molar-refractivity contribution in [1.82, 2.24) is 0 Å². The first-order valence-electron chi connectivity index (χ1n) is 11.8. The average molecular weight is 494 g/mol. The summed E-state index contributed by atoms with van der Waals surface area (Å²) in [5.41, 5.74) is 3.93. The predicted octanol–water partition coefficient (Wildman–Crippen LogP) is 6.39. The number of hydrogen-bond acceptors (Lipinski definition) is 3. The lowest BCUT2D eigenvalue weighted by atomic mass is 9.86. The number of ether oxygens (including phenoxy) is 1. The molecule has 0 aliphatic carbocycles. The molecule has 36 heavy (non-hydrogen) atoms. The van der Waals surface area contributed by atoms with E-state index in [1.165, 1.54) is 17.0 Å². The molecule has 1 aliphatic rings. The highest BCUT2D eigenvalue weighted by atomic mass is 19.2. The number of amides is 1. The largest absolute Gasteiger partial charge is 0.479 e. The Hall–Kier alpha value is -3.58. The molecule has 1 aliphatic heterocycles. The summed E-state index contributed by atoms with van der Waals surface area (Å²) in [5.74, 6) is -4.04. The van der Waals surface area contributed by atoms with Crippen molar-refractivity contribution in [1.29, 1.82) is 0 Å². The number of carbonyl (C=O) groups excluding carboxylic acids is 1. The Morgan fingerprint density at radius 1 is 1.06 bits per heavy atom. The molecule has 1 N–H and O–H groups in total. The first kappa shape index (κ1) is 25.5. The van der Waals surface area contributed by atoms with Crippen molar-refractivity contribution in [3.8, 4) is 11.1 Å². The standard InChI is InChI=1S/C29H29F2NO4/c1-16-9-11-18(12-10-16)24-19-13-14-32(27(33)20-7-6-8-21(30)25(20)31)22(19)15-17(2)23(24)26(28(34)35)36-29(3,4)5/h6-12,15,26H,13-14H2,1-5H3,(H,34,35)/t26-/m0/s1. The third-order valence-electron chi connectivity index (χ3n) is 6.26. The summed E-state index contributed by atoms with van der Waals surface area (Å²) in [7, 11) is 0. The molecule has 0 bridgehead atoms. The van der Waals surface area contributed by atoms with E-state index in [-0.39, 0.29) is 12.1 Å². The van der Waals surface area contributed by atoms with Gasteiger partial charge in [-0.3, -0.25) is 4.79 Å². The first-order chi connectivity index (χ1) is 16.9. The molecule has 1 atom stereocenters. The van der Waals surface area contributed by atoms with Crippen LogP contribution in [-0.2, 0) is 16.0 Å². The van der Waals surface area contributed by atoms with Crippen LogP contribution in [0.1, 0.15) is 59.5 Å². The molecule has 0 spiro atoms. The number of nitrogens with zero attached hydrogens (tertiary/aromatic N) is 1. The summed E-state index contributed by atoms with van der Waals surface area (Å²) in [4.78, 5) is 27.2. The van der Waals surface area contributed by atoms with Crippen molar-refractivity contribution in [2.45, 2.75) is 52.7 Å². The van der Waals surface area contributed by atoms with Gasteiger partial charge in [0.15, 0.2) is 17.7 Å². The number of aryl methyl sites for hydroxylation is 2. The summed E-state index contributed by atoms with van der Waals surface area (Å²) in [6.07, 6.45) is -0.812. The van der Waals surface area contributed by atoms with Gasteiger partial charge in [-0.2, -0.15) is 0 Å². The molecule has 0 radical (unpaired) electrons. The van der Waals surface area contributed by atoms with Crippen molar-refractivity contribution in [2.75, 3.05) is 11.4 Å². The molecule has 4 rings (SSSR count). The van der Waals surface area contributed by atoms with E-state index in [2.05, 4.69) is 0 Å². The Morgan fingerprint density at radius 3 is 2.33 bits per heavy atom. The normalized spacial score (nSPS) is 14.0. The van der Waals surface area contributed by atoms with Crippen LogP contribution in [0.2, 0.25) is 0 Å². The maximum atomic E-state index is 14.5. The van der Waals surface area contributed by atoms with Gasteiger partial charge < -0.3 is 14.7 Å². The number of rotatable bonds is 5. The average Bonchev–Trinajstić information content (AvgIpc) is 3.21. The van der Waals surface area contributed by atoms with Gasteiger partial charge in [0, 0.05) is 17.8 Å². The van der Waals surface area contributed by atoms with Crippen LogP contribution in [-0.4, -0.2) is 29.1 Å². The fourth-order valence-electron chi connectivity index (χ4n) is 4.70. The third-order valence-corrected chi connectivity index (χ3v) is 6.26. The van der Waals surface area contributed by atoms with Crippen molar-refractivity contribution in [2.24, 2.45) is 0 Å². The molecule has 3 aromatic carbocycles. The van der Waals surface area contributed by atoms with E-state index in [0.29, 0.717) is 28.8 Å². The molecular formula is C29H29F2NO4. The molecule has 1 heterocycles. The zero-order valence-corrected chi connectivity index (χ0v) is 21.0. The van der Waals surface area contributed by atoms with Gasteiger partial charge in [-0.1, -0.05) is 35.9 Å². The quantitative estimate of drug-likeness (QED) is 0.447. The number of carboxylic acid groups (broad SMARTS) is 1. The van der Waals surface area contributed by atoms with Crippen LogP contribution in [0.25, 0.3) is 11.1 Å². The summed E-state index contributed by atoms with van der Waals surface area (Å²) in [6, 6.07) is 13.0. The number of hydrogen-bond donors (Lipinski definition) is 1. The van der Waals surface area contributed by atoms with Crippen LogP contribution in [0.4, 0.5) is 14.5 Å². The molecule has 5 nitrogen and oxygen atoms in total. The number of benzene rings is 3. The summed E-state index contributed by atoms with van der Waals surface area (Å²) in [5, 5.41) is 10.2. The minimum atomic E-state index is -1.24. The van der Waals surface area contributed by atoms with Crippen molar-refractivity contribution in [3.63, 3.8) is 0 Å². The number of anilines is 1. The smallest absolute Gasteiger partial charge is 0.337 e. The van der Waals surface area contributed by atoms with Gasteiger partial charge in [0.1, 0.15) is 0 Å². The van der Waals surface area contributed by atoms with Gasteiger partial charge in [0.05, 0.1) is 11.2 Å². The van der Waals surface area contributed by atoms with Crippen LogP contribution in [0.3, 0.4) is 0 Å². The number of carboxylic acids is 1. The Labute approximate surface area is 209 Å². The van der Waals surface area contributed by atoms with E-state index in [1.54, 1.807) is 33.8 Å². The molecular weight excluding hydrogens is 464 g/mol. The Balaban J connectivity index is 1.94. The minimum Gasteiger partial charge on any atom is -0.479 e. The monoisotopic (exact) mass is 493 g/mol. The van der Waals surface area contributed by atoms with Gasteiger partial charge in [0.25, 0.3) is 5.91 Å². The van der Waals surface area contributed by atoms with E-state index in [0.717, 1.165) is 22.8 Å². The number of halogens is 2. The molecule has 0 fully saturated rings. The van der Waals surface area contributed by atoms with E-state index >= 15 is 0 Å². The number of fused-ring (bicyclic) bond motifs is 1. The summed E-state index contributed by atoms with van der Waals surface area (Å²) < 4.78 is 34.3. The van der Waals surface area contributed by atoms with Crippen LogP contribution >= 0.6 is 0 Å². The van der Waals surface area contributed by atoms with E-state index < -0.39 is 35.2 Å². The highest BCUT2D eigenvalue weighted by Gasteiger charge is 2.36. The molecule has 188 valence electrons. The second-order valence-corrected chi connectivity index (χ2v) is 10.1. The molecule has 0 unspecified atom stereocenters. The van der Waals surface area contributed by atoms with Crippen LogP contribution in [0.5, 0.6) is 0 Å². The second-order valence-electron chi connectivity index (χ2n) is 10.1. The zero-order valence-electron chi connectivity index (χ0n) is 21.0. The van der Waals surface area contributed by atoms with Gasteiger partial charge >= 0.3 is 5.97 Å². The van der Waals surface area contributed by atoms with Crippen molar-refractivity contribution < 1.29 is 28.2 Å². The zero-order chi connectivity index (χ0) is 26.4. The Morgan fingerprint density at radius 2 is 1.72 bits per heavy atom. The number of carbonyl (C=O) groups is 2. The maximum Gasteiger partial charge on any atom is 0.337 e. The lowest BCUT2D eigenvalue weighted by molar-refractivity contribution is -0.160. The fourth-order valence-corrected chi connectivity index (χ4v) is 4.70. The third kappa shape index (κ3) is 4.75. The van der Waals surface area contributed by atoms with E-state index in [1.807, 2.05) is 31.2 Å². The SMILES string of the molecule is Cc1ccc(-c2c3c(cc(C)c2[C@H](OC(C)(C)C)C(=O)O)N(C(=O)c2cccc(F)c2F)CC3)cc1.